The summed E-state index contributed by atoms with van der Waals surface area (Å²) < 4.78 is 0. The lowest BCUT2D eigenvalue weighted by molar-refractivity contribution is -0.121. The molecule has 100 valence electrons. The molecular formula is C16H20N2O. The first-order valence-electron chi connectivity index (χ1n) is 6.65. The van der Waals surface area contributed by atoms with Gasteiger partial charge in [-0.05, 0) is 29.7 Å². The molecule has 19 heavy (non-hydrogen) atoms. The Kier molecular flexibility index (Phi) is 4.53. The van der Waals surface area contributed by atoms with E-state index in [2.05, 4.69) is 35.6 Å². The van der Waals surface area contributed by atoms with E-state index in [9.17, 15) is 4.79 Å². The van der Waals surface area contributed by atoms with Crippen molar-refractivity contribution < 1.29 is 4.79 Å². The van der Waals surface area contributed by atoms with E-state index in [1.165, 1.54) is 16.3 Å². The van der Waals surface area contributed by atoms with Crippen LogP contribution in [0.25, 0.3) is 10.8 Å². The molecular weight excluding hydrogens is 236 g/mol. The topological polar surface area (TPSA) is 55.1 Å². The zero-order valence-corrected chi connectivity index (χ0v) is 11.2. The highest BCUT2D eigenvalue weighted by Gasteiger charge is 2.04. The second-order valence-corrected chi connectivity index (χ2v) is 4.96. The molecule has 0 aliphatic carbocycles. The van der Waals surface area contributed by atoms with Gasteiger partial charge < -0.3 is 11.1 Å². The highest BCUT2D eigenvalue weighted by molar-refractivity contribution is 5.83. The Morgan fingerprint density at radius 1 is 1.21 bits per heavy atom. The largest absolute Gasteiger partial charge is 0.356 e. The summed E-state index contributed by atoms with van der Waals surface area (Å²) in [7, 11) is 0. The van der Waals surface area contributed by atoms with Crippen molar-refractivity contribution in [2.24, 2.45) is 5.73 Å². The Morgan fingerprint density at radius 2 is 1.95 bits per heavy atom. The minimum absolute atomic E-state index is 0.0239. The number of hydrogen-bond donors (Lipinski definition) is 2. The average Bonchev–Trinajstić information content (AvgIpc) is 2.37. The quantitative estimate of drug-likeness (QED) is 0.862. The molecule has 0 aliphatic heterocycles. The van der Waals surface area contributed by atoms with E-state index in [1.54, 1.807) is 0 Å². The van der Waals surface area contributed by atoms with Crippen molar-refractivity contribution in [3.05, 3.63) is 48.0 Å². The van der Waals surface area contributed by atoms with Gasteiger partial charge in [0.25, 0.3) is 0 Å². The molecule has 0 aliphatic rings. The number of nitrogens with two attached hydrogens (primary N) is 1. The van der Waals surface area contributed by atoms with E-state index in [0.717, 1.165) is 6.42 Å². The zero-order chi connectivity index (χ0) is 13.7. The van der Waals surface area contributed by atoms with Gasteiger partial charge >= 0.3 is 0 Å². The Morgan fingerprint density at radius 3 is 2.68 bits per heavy atom. The third-order valence-corrected chi connectivity index (χ3v) is 3.06. The lowest BCUT2D eigenvalue weighted by Crippen LogP contribution is -2.31. The summed E-state index contributed by atoms with van der Waals surface area (Å²) in [6, 6.07) is 14.6. The van der Waals surface area contributed by atoms with Gasteiger partial charge in [0.1, 0.15) is 0 Å². The Hall–Kier alpha value is -1.87. The van der Waals surface area contributed by atoms with Crippen LogP contribution in [0.15, 0.2) is 42.5 Å². The molecule has 3 N–H and O–H groups in total. The first kappa shape index (κ1) is 13.6. The number of carbonyl (C=O) groups is 1. The molecule has 0 radical (unpaired) electrons. The Bertz CT molecular complexity index is 563. The van der Waals surface area contributed by atoms with Crippen LogP contribution in [0.2, 0.25) is 0 Å². The van der Waals surface area contributed by atoms with Crippen molar-refractivity contribution in [2.45, 2.75) is 25.8 Å². The first-order valence-corrected chi connectivity index (χ1v) is 6.65. The van der Waals surface area contributed by atoms with E-state index < -0.39 is 0 Å². The van der Waals surface area contributed by atoms with Gasteiger partial charge in [-0.3, -0.25) is 4.79 Å². The number of rotatable bonds is 5. The second-order valence-electron chi connectivity index (χ2n) is 4.96. The summed E-state index contributed by atoms with van der Waals surface area (Å²) in [5.41, 5.74) is 6.81. The van der Waals surface area contributed by atoms with Crippen molar-refractivity contribution >= 4 is 16.7 Å². The molecule has 1 unspecified atom stereocenters. The minimum atomic E-state index is -0.0827. The maximum absolute atomic E-state index is 11.5. The number of amides is 1. The number of carbonyl (C=O) groups excluding carboxylic acids is 1. The third-order valence-electron chi connectivity index (χ3n) is 3.06. The zero-order valence-electron chi connectivity index (χ0n) is 11.2. The summed E-state index contributed by atoms with van der Waals surface area (Å²) in [6.45, 7) is 2.49. The molecule has 0 spiro atoms. The smallest absolute Gasteiger partial charge is 0.221 e. The van der Waals surface area contributed by atoms with Crippen LogP contribution < -0.4 is 11.1 Å². The molecule has 0 aromatic heterocycles. The van der Waals surface area contributed by atoms with Crippen molar-refractivity contribution in [2.75, 3.05) is 6.54 Å². The molecule has 3 heteroatoms. The fourth-order valence-corrected chi connectivity index (χ4v) is 2.11. The SMILES string of the molecule is CC(N)CC(=O)NCCc1ccc2ccccc2c1. The molecule has 2 aromatic rings. The maximum Gasteiger partial charge on any atom is 0.221 e. The number of hydrogen-bond acceptors (Lipinski definition) is 2. The fourth-order valence-electron chi connectivity index (χ4n) is 2.11. The van der Waals surface area contributed by atoms with Gasteiger partial charge in [0.05, 0.1) is 0 Å². The monoisotopic (exact) mass is 256 g/mol. The van der Waals surface area contributed by atoms with Crippen LogP contribution >= 0.6 is 0 Å². The molecule has 1 atom stereocenters. The number of nitrogens with one attached hydrogen (secondary N) is 1. The van der Waals surface area contributed by atoms with Crippen LogP contribution in [0, 0.1) is 0 Å². The molecule has 0 saturated heterocycles. The van der Waals surface area contributed by atoms with Crippen molar-refractivity contribution in [1.29, 1.82) is 0 Å². The van der Waals surface area contributed by atoms with E-state index in [4.69, 9.17) is 5.73 Å². The van der Waals surface area contributed by atoms with E-state index in [0.29, 0.717) is 13.0 Å². The van der Waals surface area contributed by atoms with Crippen molar-refractivity contribution in [1.82, 2.24) is 5.32 Å². The van der Waals surface area contributed by atoms with Gasteiger partial charge in [0, 0.05) is 19.0 Å². The third kappa shape index (κ3) is 4.07. The standard InChI is InChI=1S/C16H20N2O/c1-12(17)10-16(19)18-9-8-13-6-7-14-4-2-3-5-15(14)11-13/h2-7,11-12H,8-10,17H2,1H3,(H,18,19). The molecule has 0 bridgehead atoms. The molecule has 3 nitrogen and oxygen atoms in total. The molecule has 0 fully saturated rings. The van der Waals surface area contributed by atoms with Gasteiger partial charge in [-0.15, -0.1) is 0 Å². The van der Waals surface area contributed by atoms with Crippen LogP contribution in [0.4, 0.5) is 0 Å². The lowest BCUT2D eigenvalue weighted by Gasteiger charge is -2.08. The van der Waals surface area contributed by atoms with E-state index in [-0.39, 0.29) is 11.9 Å². The van der Waals surface area contributed by atoms with Crippen LogP contribution in [-0.4, -0.2) is 18.5 Å². The first-order chi connectivity index (χ1) is 9.15. The summed E-state index contributed by atoms with van der Waals surface area (Å²) in [5, 5.41) is 5.37. The molecule has 0 saturated carbocycles. The van der Waals surface area contributed by atoms with Gasteiger partial charge in [-0.1, -0.05) is 42.5 Å². The maximum atomic E-state index is 11.5. The number of benzene rings is 2. The van der Waals surface area contributed by atoms with Crippen molar-refractivity contribution in [3.8, 4) is 0 Å². The molecule has 1 amide bonds. The lowest BCUT2D eigenvalue weighted by atomic mass is 10.1. The predicted octanol–water partition coefficient (Wildman–Crippen LogP) is 2.24. The second kappa shape index (κ2) is 6.34. The Labute approximate surface area is 113 Å². The van der Waals surface area contributed by atoms with Gasteiger partial charge in [0.15, 0.2) is 0 Å². The normalized spacial score (nSPS) is 12.3. The summed E-state index contributed by atoms with van der Waals surface area (Å²) in [6.07, 6.45) is 1.23. The highest BCUT2D eigenvalue weighted by Crippen LogP contribution is 2.15. The predicted molar refractivity (Wildman–Crippen MR) is 78.9 cm³/mol. The summed E-state index contributed by atoms with van der Waals surface area (Å²) in [4.78, 5) is 11.5. The summed E-state index contributed by atoms with van der Waals surface area (Å²) in [5.74, 6) is 0.0239. The molecule has 2 rings (SSSR count). The fraction of sp³-hybridized carbons (Fsp3) is 0.312. The van der Waals surface area contributed by atoms with Crippen LogP contribution in [0.1, 0.15) is 18.9 Å². The van der Waals surface area contributed by atoms with Gasteiger partial charge in [0.2, 0.25) is 5.91 Å². The highest BCUT2D eigenvalue weighted by atomic mass is 16.1. The minimum Gasteiger partial charge on any atom is -0.356 e. The van der Waals surface area contributed by atoms with Crippen LogP contribution in [0.5, 0.6) is 0 Å². The molecule has 0 heterocycles. The number of fused-ring (bicyclic) bond motifs is 1. The Balaban J connectivity index is 1.89. The molecule has 2 aromatic carbocycles. The van der Waals surface area contributed by atoms with Crippen LogP contribution in [-0.2, 0) is 11.2 Å². The van der Waals surface area contributed by atoms with Crippen LogP contribution in [0.3, 0.4) is 0 Å². The van der Waals surface area contributed by atoms with Crippen molar-refractivity contribution in [3.63, 3.8) is 0 Å². The van der Waals surface area contributed by atoms with Gasteiger partial charge in [-0.25, -0.2) is 0 Å². The average molecular weight is 256 g/mol. The van der Waals surface area contributed by atoms with E-state index >= 15 is 0 Å². The van der Waals surface area contributed by atoms with Gasteiger partial charge in [-0.2, -0.15) is 0 Å². The summed E-state index contributed by atoms with van der Waals surface area (Å²) >= 11 is 0. The van der Waals surface area contributed by atoms with E-state index in [1.807, 2.05) is 19.1 Å².